The maximum atomic E-state index is 11.9. The lowest BCUT2D eigenvalue weighted by Crippen LogP contribution is -2.41. The van der Waals surface area contributed by atoms with E-state index >= 15 is 0 Å². The van der Waals surface area contributed by atoms with Gasteiger partial charge in [0, 0.05) is 5.54 Å². The van der Waals surface area contributed by atoms with Crippen molar-refractivity contribution in [1.82, 2.24) is 0 Å². The molecule has 0 heterocycles. The minimum absolute atomic E-state index is 0.00667. The van der Waals surface area contributed by atoms with Gasteiger partial charge in [0.05, 0.1) is 12.5 Å². The molecule has 6 saturated carbocycles. The number of carbonyl (C=O) groups excluding carboxylic acids is 1. The lowest BCUT2D eigenvalue weighted by Gasteiger charge is -2.18. The standard InChI is InChI=1S/C11H13NO2/c1-14-9(13)10-5-3-2-4(6(5)10)8-7(3)11(8,10)12/h3-8H,2,12H2,1H3. The maximum Gasteiger partial charge on any atom is 0.314 e. The molecule has 0 spiro atoms. The smallest absolute Gasteiger partial charge is 0.314 e. The van der Waals surface area contributed by atoms with E-state index in [0.717, 1.165) is 11.8 Å². The molecular formula is C11H13NO2. The molecule has 74 valence electrons. The van der Waals surface area contributed by atoms with Gasteiger partial charge >= 0.3 is 5.97 Å². The van der Waals surface area contributed by atoms with E-state index in [1.54, 1.807) is 0 Å². The summed E-state index contributed by atoms with van der Waals surface area (Å²) in [5.41, 5.74) is 6.16. The van der Waals surface area contributed by atoms with E-state index in [1.165, 1.54) is 13.5 Å². The third-order valence-corrected chi connectivity index (χ3v) is 6.34. The van der Waals surface area contributed by atoms with Gasteiger partial charge in [0.2, 0.25) is 0 Å². The Morgan fingerprint density at radius 1 is 1.29 bits per heavy atom. The van der Waals surface area contributed by atoms with Crippen molar-refractivity contribution in [2.24, 2.45) is 46.7 Å². The van der Waals surface area contributed by atoms with E-state index in [4.69, 9.17) is 10.5 Å². The van der Waals surface area contributed by atoms with Crippen LogP contribution in [0.25, 0.3) is 0 Å². The van der Waals surface area contributed by atoms with Crippen LogP contribution in [0.2, 0.25) is 0 Å². The summed E-state index contributed by atoms with van der Waals surface area (Å²) in [5, 5.41) is 0. The first-order valence-electron chi connectivity index (χ1n) is 5.58. The molecule has 6 unspecified atom stereocenters. The molecule has 0 aliphatic heterocycles. The fraction of sp³-hybridized carbons (Fsp3) is 0.909. The number of rotatable bonds is 1. The molecule has 6 aliphatic rings. The van der Waals surface area contributed by atoms with Gasteiger partial charge in [-0.2, -0.15) is 0 Å². The Kier molecular flexibility index (Phi) is 0.668. The van der Waals surface area contributed by atoms with Crippen LogP contribution in [0.1, 0.15) is 6.42 Å². The second-order valence-corrected chi connectivity index (χ2v) is 5.96. The summed E-state index contributed by atoms with van der Waals surface area (Å²) in [6.45, 7) is 0. The van der Waals surface area contributed by atoms with Crippen molar-refractivity contribution in [3.63, 3.8) is 0 Å². The second kappa shape index (κ2) is 1.37. The predicted molar refractivity (Wildman–Crippen MR) is 46.9 cm³/mol. The molecule has 6 aliphatic carbocycles. The molecule has 0 aromatic heterocycles. The first kappa shape index (κ1) is 6.83. The van der Waals surface area contributed by atoms with E-state index in [-0.39, 0.29) is 16.9 Å². The van der Waals surface area contributed by atoms with Crippen LogP contribution in [0.5, 0.6) is 0 Å². The summed E-state index contributed by atoms with van der Waals surface area (Å²) in [6.07, 6.45) is 1.36. The molecule has 0 amide bonds. The predicted octanol–water partition coefficient (Wildman–Crippen LogP) is -0.00140. The van der Waals surface area contributed by atoms with Gasteiger partial charge in [0.25, 0.3) is 0 Å². The van der Waals surface area contributed by atoms with Crippen molar-refractivity contribution in [1.29, 1.82) is 0 Å². The van der Waals surface area contributed by atoms with E-state index in [1.807, 2.05) is 0 Å². The number of ether oxygens (including phenoxy) is 1. The summed E-state index contributed by atoms with van der Waals surface area (Å²) in [5.74, 6) is 4.23. The Bertz CT molecular complexity index is 378. The van der Waals surface area contributed by atoms with Crippen LogP contribution >= 0.6 is 0 Å². The zero-order valence-corrected chi connectivity index (χ0v) is 8.07. The van der Waals surface area contributed by atoms with Crippen molar-refractivity contribution in [3.05, 3.63) is 0 Å². The highest BCUT2D eigenvalue weighted by atomic mass is 16.5. The fourth-order valence-electron chi connectivity index (χ4n) is 6.45. The lowest BCUT2D eigenvalue weighted by molar-refractivity contribution is -0.149. The van der Waals surface area contributed by atoms with Gasteiger partial charge in [-0.3, -0.25) is 4.79 Å². The molecule has 2 N–H and O–H groups in total. The number of esters is 1. The largest absolute Gasteiger partial charge is 0.469 e. The van der Waals surface area contributed by atoms with Crippen LogP contribution in [0, 0.1) is 40.9 Å². The zero-order chi connectivity index (χ0) is 9.46. The number of nitrogens with two attached hydrogens (primary N) is 1. The first-order valence-corrected chi connectivity index (χ1v) is 5.58. The van der Waals surface area contributed by atoms with E-state index in [2.05, 4.69) is 0 Å². The molecule has 6 atom stereocenters. The Balaban J connectivity index is 1.78. The molecule has 0 aromatic carbocycles. The highest BCUT2D eigenvalue weighted by Gasteiger charge is 3.06. The van der Waals surface area contributed by atoms with Gasteiger partial charge in [0.1, 0.15) is 0 Å². The molecule has 0 radical (unpaired) electrons. The molecule has 0 aromatic rings. The Morgan fingerprint density at radius 2 is 1.86 bits per heavy atom. The Morgan fingerprint density at radius 3 is 2.21 bits per heavy atom. The normalized spacial score (nSPS) is 77.9. The summed E-state index contributed by atoms with van der Waals surface area (Å²) >= 11 is 0. The quantitative estimate of drug-likeness (QED) is 0.593. The van der Waals surface area contributed by atoms with E-state index < -0.39 is 0 Å². The SMILES string of the molecule is COC(=O)C12C3C4CC(C5C4C51N)C32. The van der Waals surface area contributed by atoms with Gasteiger partial charge < -0.3 is 10.5 Å². The molecule has 3 nitrogen and oxygen atoms in total. The van der Waals surface area contributed by atoms with Crippen molar-refractivity contribution in [2.75, 3.05) is 7.11 Å². The highest BCUT2D eigenvalue weighted by Crippen LogP contribution is 3.00. The molecule has 6 rings (SSSR count). The zero-order valence-electron chi connectivity index (χ0n) is 8.07. The van der Waals surface area contributed by atoms with Gasteiger partial charge in [0.15, 0.2) is 0 Å². The maximum absolute atomic E-state index is 11.9. The summed E-state index contributed by atoms with van der Waals surface area (Å²) < 4.78 is 4.99. The van der Waals surface area contributed by atoms with Gasteiger partial charge in [-0.1, -0.05) is 0 Å². The van der Waals surface area contributed by atoms with E-state index in [9.17, 15) is 4.79 Å². The van der Waals surface area contributed by atoms with Crippen LogP contribution in [-0.4, -0.2) is 18.6 Å². The van der Waals surface area contributed by atoms with Crippen LogP contribution in [0.15, 0.2) is 0 Å². The minimum atomic E-state index is -0.190. The van der Waals surface area contributed by atoms with Gasteiger partial charge in [-0.25, -0.2) is 0 Å². The summed E-state index contributed by atoms with van der Waals surface area (Å²) in [6, 6.07) is 0. The van der Waals surface area contributed by atoms with E-state index in [0.29, 0.717) is 23.7 Å². The van der Waals surface area contributed by atoms with Gasteiger partial charge in [-0.05, 0) is 41.9 Å². The molecular weight excluding hydrogens is 178 g/mol. The lowest BCUT2D eigenvalue weighted by atomic mass is 9.94. The Labute approximate surface area is 82.0 Å². The van der Waals surface area contributed by atoms with Gasteiger partial charge in [-0.15, -0.1) is 0 Å². The topological polar surface area (TPSA) is 52.3 Å². The van der Waals surface area contributed by atoms with Crippen molar-refractivity contribution >= 4 is 5.97 Å². The first-order chi connectivity index (χ1) is 6.70. The molecule has 2 bridgehead atoms. The third-order valence-electron chi connectivity index (χ3n) is 6.34. The van der Waals surface area contributed by atoms with Crippen LogP contribution in [0.4, 0.5) is 0 Å². The average molecular weight is 191 g/mol. The number of carbonyl (C=O) groups is 1. The minimum Gasteiger partial charge on any atom is -0.469 e. The van der Waals surface area contributed by atoms with Crippen molar-refractivity contribution in [2.45, 2.75) is 12.0 Å². The molecule has 14 heavy (non-hydrogen) atoms. The average Bonchev–Trinajstić information content (AvgIpc) is 2.89. The summed E-state index contributed by atoms with van der Waals surface area (Å²) in [7, 11) is 1.51. The molecule has 0 saturated heterocycles. The summed E-state index contributed by atoms with van der Waals surface area (Å²) in [4.78, 5) is 11.9. The number of hydrogen-bond acceptors (Lipinski definition) is 3. The Hall–Kier alpha value is -0.570. The molecule has 6 fully saturated rings. The third kappa shape index (κ3) is 0.300. The van der Waals surface area contributed by atoms with Crippen molar-refractivity contribution < 1.29 is 9.53 Å². The van der Waals surface area contributed by atoms with Crippen LogP contribution in [-0.2, 0) is 9.53 Å². The number of methoxy groups -OCH3 is 1. The van der Waals surface area contributed by atoms with Crippen LogP contribution in [0.3, 0.4) is 0 Å². The van der Waals surface area contributed by atoms with Crippen LogP contribution < -0.4 is 5.73 Å². The second-order valence-electron chi connectivity index (χ2n) is 5.96. The molecule has 3 heteroatoms. The monoisotopic (exact) mass is 191 g/mol. The van der Waals surface area contributed by atoms with Crippen molar-refractivity contribution in [3.8, 4) is 0 Å². The highest BCUT2D eigenvalue weighted by molar-refractivity contribution is 5.89. The fourth-order valence-corrected chi connectivity index (χ4v) is 6.45. The number of hydrogen-bond donors (Lipinski definition) is 1.